The van der Waals surface area contributed by atoms with E-state index in [1.54, 1.807) is 6.07 Å². The first-order valence-electron chi connectivity index (χ1n) is 4.77. The smallest absolute Gasteiger partial charge is 0.188 e. The van der Waals surface area contributed by atoms with Gasteiger partial charge >= 0.3 is 0 Å². The number of alkyl halides is 1. The molecule has 1 heterocycles. The Balaban J connectivity index is 2.76. The van der Waals surface area contributed by atoms with Crippen molar-refractivity contribution in [2.24, 2.45) is 0 Å². The summed E-state index contributed by atoms with van der Waals surface area (Å²) in [5.74, 6) is 0. The predicted octanol–water partition coefficient (Wildman–Crippen LogP) is 2.89. The van der Waals surface area contributed by atoms with Crippen LogP contribution in [0.3, 0.4) is 0 Å². The Kier molecular flexibility index (Phi) is 3.57. The van der Waals surface area contributed by atoms with Crippen molar-refractivity contribution in [1.29, 1.82) is 5.26 Å². The molecule has 4 nitrogen and oxygen atoms in total. The molecule has 0 aliphatic heterocycles. The van der Waals surface area contributed by atoms with Gasteiger partial charge in [0.2, 0.25) is 0 Å². The molecule has 92 valence electrons. The lowest BCUT2D eigenvalue weighted by molar-refractivity contribution is 0.601. The molecular formula is C11H6BrClN2O2S. The number of fused-ring (bicyclic) bond motifs is 1. The largest absolute Gasteiger partial charge is 0.237 e. The van der Waals surface area contributed by atoms with Crippen molar-refractivity contribution >= 4 is 48.3 Å². The van der Waals surface area contributed by atoms with Crippen molar-refractivity contribution in [3.63, 3.8) is 0 Å². The van der Waals surface area contributed by atoms with Crippen molar-refractivity contribution in [3.05, 3.63) is 35.0 Å². The third-order valence-electron chi connectivity index (χ3n) is 2.35. The molecule has 0 aliphatic carbocycles. The van der Waals surface area contributed by atoms with Crippen LogP contribution < -0.4 is 0 Å². The molecular weight excluding hydrogens is 340 g/mol. The van der Waals surface area contributed by atoms with Gasteiger partial charge in [-0.1, -0.05) is 33.6 Å². The number of pyridine rings is 1. The van der Waals surface area contributed by atoms with Crippen LogP contribution in [0.4, 0.5) is 0 Å². The van der Waals surface area contributed by atoms with E-state index >= 15 is 0 Å². The van der Waals surface area contributed by atoms with E-state index in [0.717, 1.165) is 0 Å². The highest BCUT2D eigenvalue weighted by Gasteiger charge is 2.14. The summed E-state index contributed by atoms with van der Waals surface area (Å²) in [7, 11) is -3.37. The van der Waals surface area contributed by atoms with E-state index in [-0.39, 0.29) is 15.3 Å². The highest BCUT2D eigenvalue weighted by atomic mass is 79.9. The quantitative estimate of drug-likeness (QED) is 0.785. The van der Waals surface area contributed by atoms with Crippen molar-refractivity contribution in [1.82, 2.24) is 4.98 Å². The Bertz CT molecular complexity index is 768. The molecule has 2 aromatic rings. The number of benzene rings is 1. The van der Waals surface area contributed by atoms with Crippen LogP contribution in [0.25, 0.3) is 10.9 Å². The number of hydrogen-bond acceptors (Lipinski definition) is 4. The molecule has 0 aliphatic rings. The van der Waals surface area contributed by atoms with Crippen molar-refractivity contribution in [2.45, 2.75) is 4.90 Å². The standard InChI is InChI=1S/C11H6BrClN2O2S/c12-6-18(16,17)8-1-2-9-10(13)3-7(5-14)15-11(9)4-8/h1-4H,6H2. The maximum absolute atomic E-state index is 11.7. The summed E-state index contributed by atoms with van der Waals surface area (Å²) < 4.78 is 23.3. The van der Waals surface area contributed by atoms with E-state index in [1.807, 2.05) is 6.07 Å². The van der Waals surface area contributed by atoms with Gasteiger partial charge in [0.1, 0.15) is 16.4 Å². The molecule has 0 saturated carbocycles. The lowest BCUT2D eigenvalue weighted by Crippen LogP contribution is -2.01. The maximum Gasteiger partial charge on any atom is 0.188 e. The summed E-state index contributed by atoms with van der Waals surface area (Å²) in [5, 5.41) is 9.79. The molecule has 0 saturated heterocycles. The zero-order chi connectivity index (χ0) is 13.3. The van der Waals surface area contributed by atoms with E-state index in [9.17, 15) is 8.42 Å². The van der Waals surface area contributed by atoms with Crippen LogP contribution >= 0.6 is 27.5 Å². The van der Waals surface area contributed by atoms with Gasteiger partial charge in [-0.25, -0.2) is 13.4 Å². The third kappa shape index (κ3) is 2.34. The van der Waals surface area contributed by atoms with E-state index < -0.39 is 9.84 Å². The normalized spacial score (nSPS) is 11.4. The third-order valence-corrected chi connectivity index (χ3v) is 5.73. The summed E-state index contributed by atoms with van der Waals surface area (Å²) in [6.45, 7) is 0. The molecule has 0 spiro atoms. The SMILES string of the molecule is N#Cc1cc(Cl)c2ccc(S(=O)(=O)CBr)cc2n1. The number of sulfone groups is 1. The number of rotatable bonds is 2. The van der Waals surface area contributed by atoms with Gasteiger partial charge in [-0.3, -0.25) is 0 Å². The fraction of sp³-hybridized carbons (Fsp3) is 0.0909. The topological polar surface area (TPSA) is 70.8 Å². The van der Waals surface area contributed by atoms with Crippen molar-refractivity contribution in [3.8, 4) is 6.07 Å². The molecule has 0 fully saturated rings. The average molecular weight is 346 g/mol. The maximum atomic E-state index is 11.7. The predicted molar refractivity (Wildman–Crippen MR) is 72.4 cm³/mol. The van der Waals surface area contributed by atoms with Gasteiger partial charge in [-0.15, -0.1) is 0 Å². The summed E-state index contributed by atoms with van der Waals surface area (Å²) in [6.07, 6.45) is 0. The van der Waals surface area contributed by atoms with Gasteiger partial charge in [0.25, 0.3) is 0 Å². The Morgan fingerprint density at radius 2 is 2.11 bits per heavy atom. The highest BCUT2D eigenvalue weighted by Crippen LogP contribution is 2.26. The van der Waals surface area contributed by atoms with E-state index in [4.69, 9.17) is 16.9 Å². The van der Waals surface area contributed by atoms with E-state index in [2.05, 4.69) is 20.9 Å². The summed E-state index contributed by atoms with van der Waals surface area (Å²) in [5.41, 5.74) is 0.543. The first-order chi connectivity index (χ1) is 8.47. The zero-order valence-corrected chi connectivity index (χ0v) is 12.1. The molecule has 0 atom stereocenters. The minimum Gasteiger partial charge on any atom is -0.237 e. The molecule has 0 bridgehead atoms. The average Bonchev–Trinajstić information content (AvgIpc) is 2.37. The Morgan fingerprint density at radius 3 is 2.72 bits per heavy atom. The van der Waals surface area contributed by atoms with Crippen LogP contribution in [0.1, 0.15) is 5.69 Å². The lowest BCUT2D eigenvalue weighted by Gasteiger charge is -2.04. The minimum atomic E-state index is -3.37. The summed E-state index contributed by atoms with van der Waals surface area (Å²) in [6, 6.07) is 7.80. The van der Waals surface area contributed by atoms with Crippen LogP contribution in [-0.4, -0.2) is 18.1 Å². The number of hydrogen-bond donors (Lipinski definition) is 0. The number of nitriles is 1. The molecule has 0 unspecified atom stereocenters. The highest BCUT2D eigenvalue weighted by molar-refractivity contribution is 9.10. The van der Waals surface area contributed by atoms with Crippen LogP contribution in [0.15, 0.2) is 29.2 Å². The second-order valence-electron chi connectivity index (χ2n) is 3.50. The first kappa shape index (κ1) is 13.3. The molecule has 18 heavy (non-hydrogen) atoms. The monoisotopic (exact) mass is 344 g/mol. The molecule has 1 aromatic heterocycles. The van der Waals surface area contributed by atoms with E-state index in [0.29, 0.717) is 15.9 Å². The van der Waals surface area contributed by atoms with Gasteiger partial charge in [0, 0.05) is 5.39 Å². The molecule has 0 radical (unpaired) electrons. The fourth-order valence-electron chi connectivity index (χ4n) is 1.48. The summed E-state index contributed by atoms with van der Waals surface area (Å²) >= 11 is 8.92. The van der Waals surface area contributed by atoms with Gasteiger partial charge in [0.15, 0.2) is 9.84 Å². The van der Waals surface area contributed by atoms with Gasteiger partial charge in [-0.05, 0) is 18.2 Å². The fourth-order valence-corrected chi connectivity index (χ4v) is 3.23. The number of halogens is 2. The van der Waals surface area contributed by atoms with Gasteiger partial charge in [-0.2, -0.15) is 5.26 Å². The number of nitrogens with zero attached hydrogens (tertiary/aromatic N) is 2. The van der Waals surface area contributed by atoms with E-state index in [1.165, 1.54) is 18.2 Å². The summed E-state index contributed by atoms with van der Waals surface area (Å²) in [4.78, 5) is 4.18. The van der Waals surface area contributed by atoms with Crippen molar-refractivity contribution in [2.75, 3.05) is 4.66 Å². The second-order valence-corrected chi connectivity index (χ2v) is 7.20. The van der Waals surface area contributed by atoms with Gasteiger partial charge < -0.3 is 0 Å². The van der Waals surface area contributed by atoms with Crippen LogP contribution in [-0.2, 0) is 9.84 Å². The molecule has 0 amide bonds. The molecule has 7 heteroatoms. The Labute approximate surface area is 117 Å². The number of aromatic nitrogens is 1. The first-order valence-corrected chi connectivity index (χ1v) is 7.92. The Morgan fingerprint density at radius 1 is 1.39 bits per heavy atom. The lowest BCUT2D eigenvalue weighted by atomic mass is 10.2. The molecule has 1 aromatic carbocycles. The minimum absolute atomic E-state index is 0.144. The molecule has 0 N–H and O–H groups in total. The van der Waals surface area contributed by atoms with Crippen LogP contribution in [0.5, 0.6) is 0 Å². The van der Waals surface area contributed by atoms with Crippen molar-refractivity contribution < 1.29 is 8.42 Å². The Hall–Kier alpha value is -1.16. The van der Waals surface area contributed by atoms with Gasteiger partial charge in [0.05, 0.1) is 15.4 Å². The second kappa shape index (κ2) is 4.84. The zero-order valence-electron chi connectivity index (χ0n) is 8.89. The van der Waals surface area contributed by atoms with Crippen LogP contribution in [0.2, 0.25) is 5.02 Å². The molecule has 2 rings (SSSR count). The van der Waals surface area contributed by atoms with Crippen LogP contribution in [0, 0.1) is 11.3 Å².